The predicted octanol–water partition coefficient (Wildman–Crippen LogP) is 2.85. The molecule has 126 valence electrons. The van der Waals surface area contributed by atoms with Crippen LogP contribution < -0.4 is 10.1 Å². The van der Waals surface area contributed by atoms with Crippen LogP contribution in [0.5, 0.6) is 5.75 Å². The summed E-state index contributed by atoms with van der Waals surface area (Å²) in [5.41, 5.74) is 0.748. The third kappa shape index (κ3) is 4.25. The second-order valence-electron chi connectivity index (χ2n) is 6.94. The van der Waals surface area contributed by atoms with Crippen LogP contribution in [0.1, 0.15) is 26.7 Å². The zero-order chi connectivity index (χ0) is 16.4. The highest BCUT2D eigenvalue weighted by Crippen LogP contribution is 2.29. The highest BCUT2D eigenvalue weighted by atomic mass is 32.2. The van der Waals surface area contributed by atoms with E-state index in [0.29, 0.717) is 18.8 Å². The molecular weight excluding hydrogens is 312 g/mol. The SMILES string of the molecule is CC1(C)CN(C(=O)Nc2ccc(OCC3CC3)cc2)CCS1=O. The van der Waals surface area contributed by atoms with E-state index in [1.165, 1.54) is 12.8 Å². The normalized spacial score (nSPS) is 23.4. The van der Waals surface area contributed by atoms with Gasteiger partial charge in [-0.2, -0.15) is 0 Å². The van der Waals surface area contributed by atoms with Gasteiger partial charge in [0.05, 0.1) is 11.4 Å². The fraction of sp³-hybridized carbons (Fsp3) is 0.588. The summed E-state index contributed by atoms with van der Waals surface area (Å²) in [6, 6.07) is 7.34. The van der Waals surface area contributed by atoms with E-state index in [1.807, 2.05) is 38.1 Å². The van der Waals surface area contributed by atoms with Crippen LogP contribution >= 0.6 is 0 Å². The van der Waals surface area contributed by atoms with Gasteiger partial charge in [-0.15, -0.1) is 0 Å². The van der Waals surface area contributed by atoms with Gasteiger partial charge in [0.25, 0.3) is 0 Å². The maximum absolute atomic E-state index is 12.4. The number of hydrogen-bond donors (Lipinski definition) is 1. The molecule has 5 nitrogen and oxygen atoms in total. The number of carbonyl (C=O) groups excluding carboxylic acids is 1. The number of urea groups is 1. The molecule has 2 fully saturated rings. The summed E-state index contributed by atoms with van der Waals surface area (Å²) in [4.78, 5) is 14.1. The highest BCUT2D eigenvalue weighted by molar-refractivity contribution is 7.86. The smallest absolute Gasteiger partial charge is 0.321 e. The van der Waals surface area contributed by atoms with Gasteiger partial charge in [0.15, 0.2) is 0 Å². The predicted molar refractivity (Wildman–Crippen MR) is 92.3 cm³/mol. The Hall–Kier alpha value is -1.56. The van der Waals surface area contributed by atoms with Crippen molar-refractivity contribution in [1.29, 1.82) is 0 Å². The Morgan fingerprint density at radius 2 is 2.04 bits per heavy atom. The van der Waals surface area contributed by atoms with Crippen molar-refractivity contribution in [2.45, 2.75) is 31.4 Å². The van der Waals surface area contributed by atoms with Gasteiger partial charge in [0, 0.05) is 35.3 Å². The number of ether oxygens (including phenoxy) is 1. The lowest BCUT2D eigenvalue weighted by atomic mass is 10.2. The maximum atomic E-state index is 12.4. The largest absolute Gasteiger partial charge is 0.493 e. The highest BCUT2D eigenvalue weighted by Gasteiger charge is 2.35. The van der Waals surface area contributed by atoms with Gasteiger partial charge in [-0.05, 0) is 56.9 Å². The first-order valence-corrected chi connectivity index (χ1v) is 9.43. The third-order valence-corrected chi connectivity index (χ3v) is 6.23. The topological polar surface area (TPSA) is 58.6 Å². The Balaban J connectivity index is 1.53. The van der Waals surface area contributed by atoms with Crippen molar-refractivity contribution in [2.24, 2.45) is 5.92 Å². The monoisotopic (exact) mass is 336 g/mol. The molecule has 1 aromatic rings. The summed E-state index contributed by atoms with van der Waals surface area (Å²) in [5.74, 6) is 2.10. The lowest BCUT2D eigenvalue weighted by Gasteiger charge is -2.37. The van der Waals surface area contributed by atoms with Crippen LogP contribution in [-0.4, -0.2) is 45.3 Å². The van der Waals surface area contributed by atoms with E-state index >= 15 is 0 Å². The molecule has 1 aliphatic carbocycles. The Morgan fingerprint density at radius 3 is 2.65 bits per heavy atom. The molecule has 0 spiro atoms. The van der Waals surface area contributed by atoms with Crippen molar-refractivity contribution in [3.63, 3.8) is 0 Å². The minimum Gasteiger partial charge on any atom is -0.493 e. The lowest BCUT2D eigenvalue weighted by Crippen LogP contribution is -2.53. The molecule has 2 amide bonds. The second-order valence-corrected chi connectivity index (χ2v) is 9.14. The first-order valence-electron chi connectivity index (χ1n) is 8.11. The van der Waals surface area contributed by atoms with Gasteiger partial charge in [0.1, 0.15) is 5.75 Å². The molecule has 2 aliphatic rings. The Morgan fingerprint density at radius 1 is 1.35 bits per heavy atom. The van der Waals surface area contributed by atoms with Gasteiger partial charge in [-0.1, -0.05) is 0 Å². The summed E-state index contributed by atoms with van der Waals surface area (Å²) in [7, 11) is -0.877. The average Bonchev–Trinajstić information content (AvgIpc) is 3.33. The minimum absolute atomic E-state index is 0.138. The molecule has 1 aliphatic heterocycles. The molecule has 0 radical (unpaired) electrons. The zero-order valence-electron chi connectivity index (χ0n) is 13.7. The number of benzene rings is 1. The molecule has 1 unspecified atom stereocenters. The van der Waals surface area contributed by atoms with E-state index < -0.39 is 10.8 Å². The first-order chi connectivity index (χ1) is 10.9. The van der Waals surface area contributed by atoms with Crippen LogP contribution in [0, 0.1) is 5.92 Å². The van der Waals surface area contributed by atoms with Gasteiger partial charge in [-0.25, -0.2) is 4.79 Å². The van der Waals surface area contributed by atoms with E-state index in [2.05, 4.69) is 5.32 Å². The Labute approximate surface area is 139 Å². The molecule has 23 heavy (non-hydrogen) atoms. The quantitative estimate of drug-likeness (QED) is 0.920. The third-order valence-electron chi connectivity index (χ3n) is 4.31. The van der Waals surface area contributed by atoms with Gasteiger partial charge < -0.3 is 15.0 Å². The number of rotatable bonds is 4. The number of carbonyl (C=O) groups is 1. The van der Waals surface area contributed by atoms with E-state index in [9.17, 15) is 9.00 Å². The summed E-state index contributed by atoms with van der Waals surface area (Å²) in [5, 5.41) is 2.90. The number of nitrogens with one attached hydrogen (secondary N) is 1. The van der Waals surface area contributed by atoms with Crippen LogP contribution in [-0.2, 0) is 10.8 Å². The molecule has 1 N–H and O–H groups in total. The van der Waals surface area contributed by atoms with E-state index in [4.69, 9.17) is 4.74 Å². The molecule has 1 aromatic carbocycles. The summed E-state index contributed by atoms with van der Waals surface area (Å²) < 4.78 is 17.3. The first kappa shape index (κ1) is 16.3. The van der Waals surface area contributed by atoms with Crippen LogP contribution in [0.3, 0.4) is 0 Å². The number of nitrogens with zero attached hydrogens (tertiary/aromatic N) is 1. The lowest BCUT2D eigenvalue weighted by molar-refractivity contribution is 0.207. The zero-order valence-corrected chi connectivity index (χ0v) is 14.5. The summed E-state index contributed by atoms with van der Waals surface area (Å²) in [6.45, 7) is 5.70. The Kier molecular flexibility index (Phi) is 4.62. The van der Waals surface area contributed by atoms with Crippen LogP contribution in [0.25, 0.3) is 0 Å². The van der Waals surface area contributed by atoms with E-state index in [-0.39, 0.29) is 10.8 Å². The van der Waals surface area contributed by atoms with Crippen LogP contribution in [0.2, 0.25) is 0 Å². The molecule has 1 saturated carbocycles. The van der Waals surface area contributed by atoms with Gasteiger partial charge in [-0.3, -0.25) is 4.21 Å². The van der Waals surface area contributed by atoms with Crippen molar-refractivity contribution in [1.82, 2.24) is 4.90 Å². The summed E-state index contributed by atoms with van der Waals surface area (Å²) in [6.07, 6.45) is 2.54. The maximum Gasteiger partial charge on any atom is 0.321 e. The number of amides is 2. The van der Waals surface area contributed by atoms with Crippen molar-refractivity contribution in [3.8, 4) is 5.75 Å². The van der Waals surface area contributed by atoms with Gasteiger partial charge in [0.2, 0.25) is 0 Å². The second kappa shape index (κ2) is 6.51. The Bertz CT molecular complexity index is 596. The number of hydrogen-bond acceptors (Lipinski definition) is 3. The van der Waals surface area contributed by atoms with E-state index in [1.54, 1.807) is 4.90 Å². The molecule has 1 saturated heterocycles. The molecular formula is C17H24N2O3S. The van der Waals surface area contributed by atoms with Crippen molar-refractivity contribution >= 4 is 22.5 Å². The number of anilines is 1. The fourth-order valence-corrected chi connectivity index (χ4v) is 3.83. The van der Waals surface area contributed by atoms with E-state index in [0.717, 1.165) is 24.0 Å². The van der Waals surface area contributed by atoms with Crippen molar-refractivity contribution in [2.75, 3.05) is 30.8 Å². The molecule has 1 atom stereocenters. The molecule has 0 bridgehead atoms. The minimum atomic E-state index is -0.877. The van der Waals surface area contributed by atoms with Crippen molar-refractivity contribution < 1.29 is 13.7 Å². The van der Waals surface area contributed by atoms with Gasteiger partial charge >= 0.3 is 6.03 Å². The standard InChI is InChI=1S/C17H24N2O3S/c1-17(2)12-19(9-10-23(17)21)16(20)18-14-5-7-15(8-6-14)22-11-13-3-4-13/h5-8,13H,3-4,9-12H2,1-2H3,(H,18,20). The molecule has 3 rings (SSSR count). The van der Waals surface area contributed by atoms with Crippen LogP contribution in [0.4, 0.5) is 10.5 Å². The molecule has 0 aromatic heterocycles. The van der Waals surface area contributed by atoms with Crippen LogP contribution in [0.15, 0.2) is 24.3 Å². The molecule has 1 heterocycles. The molecule has 6 heteroatoms. The fourth-order valence-electron chi connectivity index (χ4n) is 2.59. The van der Waals surface area contributed by atoms with Crippen molar-refractivity contribution in [3.05, 3.63) is 24.3 Å². The average molecular weight is 336 g/mol. The summed E-state index contributed by atoms with van der Waals surface area (Å²) >= 11 is 0.